The number of aromatic nitrogens is 1. The van der Waals surface area contributed by atoms with E-state index in [2.05, 4.69) is 15.9 Å². The number of nitrogens with zero attached hydrogens (tertiary/aromatic N) is 2. The van der Waals surface area contributed by atoms with Crippen molar-refractivity contribution in [3.8, 4) is 0 Å². The van der Waals surface area contributed by atoms with E-state index in [-0.39, 0.29) is 24.4 Å². The van der Waals surface area contributed by atoms with Gasteiger partial charge in [-0.25, -0.2) is 0 Å². The Morgan fingerprint density at radius 2 is 2.35 bits per heavy atom. The summed E-state index contributed by atoms with van der Waals surface area (Å²) < 4.78 is 2.78. The van der Waals surface area contributed by atoms with Gasteiger partial charge in [0.15, 0.2) is 0 Å². The Bertz CT molecular complexity index is 407. The standard InChI is InChI=1S/C11H16BrN3O.ClH/c1-14-7-8(12)5-10(14)11(16)15-4-2-3-9(15)6-13;/h5,7,9H,2-4,6,13H2,1H3;1H. The van der Waals surface area contributed by atoms with Crippen molar-refractivity contribution in [2.75, 3.05) is 13.1 Å². The van der Waals surface area contributed by atoms with Crippen molar-refractivity contribution < 1.29 is 4.79 Å². The van der Waals surface area contributed by atoms with Crippen molar-refractivity contribution >= 4 is 34.2 Å². The highest BCUT2D eigenvalue weighted by Gasteiger charge is 2.29. The zero-order chi connectivity index (χ0) is 11.7. The first-order valence-corrected chi connectivity index (χ1v) is 6.25. The molecule has 0 aromatic carbocycles. The Morgan fingerprint density at radius 3 is 2.88 bits per heavy atom. The third kappa shape index (κ3) is 2.84. The van der Waals surface area contributed by atoms with E-state index < -0.39 is 0 Å². The molecule has 0 saturated carbocycles. The van der Waals surface area contributed by atoms with E-state index in [1.807, 2.05) is 28.8 Å². The maximum absolute atomic E-state index is 12.3. The summed E-state index contributed by atoms with van der Waals surface area (Å²) in [5, 5.41) is 0. The van der Waals surface area contributed by atoms with Crippen molar-refractivity contribution in [3.63, 3.8) is 0 Å². The van der Waals surface area contributed by atoms with Gasteiger partial charge in [0.05, 0.1) is 0 Å². The first kappa shape index (κ1) is 14.5. The predicted molar refractivity (Wildman–Crippen MR) is 73.5 cm³/mol. The lowest BCUT2D eigenvalue weighted by atomic mass is 10.2. The molecule has 17 heavy (non-hydrogen) atoms. The van der Waals surface area contributed by atoms with Crippen molar-refractivity contribution in [2.24, 2.45) is 12.8 Å². The maximum atomic E-state index is 12.3. The topological polar surface area (TPSA) is 51.3 Å². The maximum Gasteiger partial charge on any atom is 0.270 e. The molecule has 1 aromatic heterocycles. The zero-order valence-electron chi connectivity index (χ0n) is 9.73. The molecule has 6 heteroatoms. The largest absolute Gasteiger partial charge is 0.345 e. The van der Waals surface area contributed by atoms with Crippen LogP contribution >= 0.6 is 28.3 Å². The second-order valence-corrected chi connectivity index (χ2v) is 5.10. The molecule has 96 valence electrons. The van der Waals surface area contributed by atoms with Crippen LogP contribution in [0.15, 0.2) is 16.7 Å². The molecule has 2 heterocycles. The number of carbonyl (C=O) groups is 1. The number of amides is 1. The molecule has 1 aromatic rings. The fourth-order valence-corrected chi connectivity index (χ4v) is 2.76. The van der Waals surface area contributed by atoms with Crippen molar-refractivity contribution in [1.82, 2.24) is 9.47 Å². The predicted octanol–water partition coefficient (Wildman–Crippen LogP) is 1.77. The lowest BCUT2D eigenvalue weighted by Crippen LogP contribution is -2.40. The number of rotatable bonds is 2. The van der Waals surface area contributed by atoms with E-state index in [0.717, 1.165) is 23.9 Å². The van der Waals surface area contributed by atoms with Crippen LogP contribution in [0.25, 0.3) is 0 Å². The van der Waals surface area contributed by atoms with Gasteiger partial charge in [-0.3, -0.25) is 4.79 Å². The monoisotopic (exact) mass is 321 g/mol. The highest BCUT2D eigenvalue weighted by Crippen LogP contribution is 2.21. The fraction of sp³-hybridized carbons (Fsp3) is 0.545. The molecule has 1 unspecified atom stereocenters. The summed E-state index contributed by atoms with van der Waals surface area (Å²) in [5.41, 5.74) is 6.39. The average molecular weight is 323 g/mol. The summed E-state index contributed by atoms with van der Waals surface area (Å²) in [5.74, 6) is 0.0844. The van der Waals surface area contributed by atoms with Crippen LogP contribution in [0.4, 0.5) is 0 Å². The van der Waals surface area contributed by atoms with Crippen LogP contribution in [0.1, 0.15) is 23.3 Å². The van der Waals surface area contributed by atoms with Crippen LogP contribution in [-0.4, -0.2) is 34.5 Å². The summed E-state index contributed by atoms with van der Waals surface area (Å²) in [6.07, 6.45) is 3.97. The van der Waals surface area contributed by atoms with Crippen LogP contribution in [0, 0.1) is 0 Å². The number of nitrogens with two attached hydrogens (primary N) is 1. The summed E-state index contributed by atoms with van der Waals surface area (Å²) in [4.78, 5) is 14.2. The Kier molecular flexibility index (Phi) is 5.04. The molecule has 0 radical (unpaired) electrons. The van der Waals surface area contributed by atoms with Gasteiger partial charge in [-0.2, -0.15) is 0 Å². The van der Waals surface area contributed by atoms with Crippen LogP contribution in [0.3, 0.4) is 0 Å². The number of carbonyl (C=O) groups excluding carboxylic acids is 1. The average Bonchev–Trinajstić information content (AvgIpc) is 2.83. The molecular formula is C11H17BrClN3O. The van der Waals surface area contributed by atoms with Crippen LogP contribution in [-0.2, 0) is 7.05 Å². The fourth-order valence-electron chi connectivity index (χ4n) is 2.23. The molecule has 0 bridgehead atoms. The SMILES string of the molecule is Cl.Cn1cc(Br)cc1C(=O)N1CCCC1CN. The van der Waals surface area contributed by atoms with E-state index >= 15 is 0 Å². The van der Waals surface area contributed by atoms with Gasteiger partial charge >= 0.3 is 0 Å². The van der Waals surface area contributed by atoms with E-state index in [9.17, 15) is 4.79 Å². The number of halogens is 2. The number of likely N-dealkylation sites (tertiary alicyclic amines) is 1. The zero-order valence-corrected chi connectivity index (χ0v) is 12.1. The molecule has 0 spiro atoms. The second-order valence-electron chi connectivity index (χ2n) is 4.18. The van der Waals surface area contributed by atoms with E-state index in [4.69, 9.17) is 5.73 Å². The van der Waals surface area contributed by atoms with E-state index in [1.54, 1.807) is 0 Å². The van der Waals surface area contributed by atoms with Gasteiger partial charge in [0.25, 0.3) is 5.91 Å². The second kappa shape index (κ2) is 5.89. The minimum atomic E-state index is 0. The highest BCUT2D eigenvalue weighted by atomic mass is 79.9. The van der Waals surface area contributed by atoms with Gasteiger partial charge in [0.1, 0.15) is 5.69 Å². The van der Waals surface area contributed by atoms with Gasteiger partial charge < -0.3 is 15.2 Å². The van der Waals surface area contributed by atoms with Crippen LogP contribution in [0.2, 0.25) is 0 Å². The minimum absolute atomic E-state index is 0. The third-order valence-electron chi connectivity index (χ3n) is 3.10. The smallest absolute Gasteiger partial charge is 0.270 e. The van der Waals surface area contributed by atoms with Crippen molar-refractivity contribution in [1.29, 1.82) is 0 Å². The molecule has 1 aliphatic rings. The Hall–Kier alpha value is -0.520. The van der Waals surface area contributed by atoms with Gasteiger partial charge in [0.2, 0.25) is 0 Å². The Balaban J connectivity index is 0.00000144. The van der Waals surface area contributed by atoms with Gasteiger partial charge in [-0.1, -0.05) is 0 Å². The normalized spacial score (nSPS) is 19.2. The first-order valence-electron chi connectivity index (χ1n) is 5.46. The summed E-state index contributed by atoms with van der Waals surface area (Å²) in [6.45, 7) is 1.38. The van der Waals surface area contributed by atoms with Gasteiger partial charge in [0, 0.05) is 36.8 Å². The molecule has 1 amide bonds. The quantitative estimate of drug-likeness (QED) is 0.902. The minimum Gasteiger partial charge on any atom is -0.345 e. The Labute approximate surface area is 116 Å². The molecule has 0 aliphatic carbocycles. The molecule has 1 saturated heterocycles. The first-order chi connectivity index (χ1) is 7.63. The van der Waals surface area contributed by atoms with Crippen molar-refractivity contribution in [3.05, 3.63) is 22.4 Å². The molecule has 4 nitrogen and oxygen atoms in total. The molecule has 1 aliphatic heterocycles. The summed E-state index contributed by atoms with van der Waals surface area (Å²) in [7, 11) is 1.88. The molecule has 1 fully saturated rings. The highest BCUT2D eigenvalue weighted by molar-refractivity contribution is 9.10. The lowest BCUT2D eigenvalue weighted by molar-refractivity contribution is 0.0731. The van der Waals surface area contributed by atoms with Crippen LogP contribution < -0.4 is 5.73 Å². The van der Waals surface area contributed by atoms with Gasteiger partial charge in [-0.05, 0) is 34.8 Å². The number of aryl methyl sites for hydroxylation is 1. The van der Waals surface area contributed by atoms with E-state index in [0.29, 0.717) is 12.2 Å². The summed E-state index contributed by atoms with van der Waals surface area (Å²) >= 11 is 3.38. The Morgan fingerprint density at radius 1 is 1.65 bits per heavy atom. The van der Waals surface area contributed by atoms with Crippen LogP contribution in [0.5, 0.6) is 0 Å². The lowest BCUT2D eigenvalue weighted by Gasteiger charge is -2.23. The molecule has 1 atom stereocenters. The van der Waals surface area contributed by atoms with Gasteiger partial charge in [-0.15, -0.1) is 12.4 Å². The van der Waals surface area contributed by atoms with E-state index in [1.165, 1.54) is 0 Å². The summed E-state index contributed by atoms with van der Waals surface area (Å²) in [6, 6.07) is 2.06. The van der Waals surface area contributed by atoms with Crippen molar-refractivity contribution in [2.45, 2.75) is 18.9 Å². The molecular weight excluding hydrogens is 305 g/mol. The molecule has 2 rings (SSSR count). The molecule has 2 N–H and O–H groups in total. The number of hydrogen-bond donors (Lipinski definition) is 1. The third-order valence-corrected chi connectivity index (χ3v) is 3.53. The number of hydrogen-bond acceptors (Lipinski definition) is 2.